The molecule has 2 fully saturated rings. The number of amides is 1. The minimum absolute atomic E-state index is 0.228. The third-order valence-corrected chi connectivity index (χ3v) is 6.08. The van der Waals surface area contributed by atoms with Crippen LogP contribution in [0.2, 0.25) is 0 Å². The maximum atomic E-state index is 12.5. The zero-order valence-electron chi connectivity index (χ0n) is 16.1. The van der Waals surface area contributed by atoms with E-state index in [0.29, 0.717) is 12.2 Å². The molecule has 2 N–H and O–H groups in total. The number of carbonyl (C=O) groups is 1. The molecule has 0 atom stereocenters. The van der Waals surface area contributed by atoms with Gasteiger partial charge in [-0.1, -0.05) is 0 Å². The third-order valence-electron chi connectivity index (χ3n) is 4.92. The average Bonchev–Trinajstić information content (AvgIpc) is 3.56. The van der Waals surface area contributed by atoms with Crippen LogP contribution in [0.3, 0.4) is 0 Å². The Bertz CT molecular complexity index is 835. The monoisotopic (exact) mass is 398 g/mol. The van der Waals surface area contributed by atoms with Gasteiger partial charge in [0.15, 0.2) is 0 Å². The summed E-state index contributed by atoms with van der Waals surface area (Å²) in [7, 11) is 0. The Hall–Kier alpha value is -2.35. The highest BCUT2D eigenvalue weighted by atomic mass is 32.2. The van der Waals surface area contributed by atoms with Crippen LogP contribution in [0, 0.1) is 6.92 Å². The first-order valence-electron chi connectivity index (χ1n) is 9.92. The fraction of sp³-hybridized carbons (Fsp3) is 0.500. The van der Waals surface area contributed by atoms with E-state index in [1.165, 1.54) is 32.1 Å². The highest BCUT2D eigenvalue weighted by Gasteiger charge is 2.22. The van der Waals surface area contributed by atoms with E-state index in [-0.39, 0.29) is 5.91 Å². The molecule has 0 spiro atoms. The fourth-order valence-electron chi connectivity index (χ4n) is 3.24. The smallest absolute Gasteiger partial charge is 0.271 e. The van der Waals surface area contributed by atoms with Crippen molar-refractivity contribution in [1.29, 1.82) is 0 Å². The highest BCUT2D eigenvalue weighted by molar-refractivity contribution is 8.01. The Balaban J connectivity index is 1.34. The van der Waals surface area contributed by atoms with Crippen LogP contribution in [0.5, 0.6) is 0 Å². The van der Waals surface area contributed by atoms with Gasteiger partial charge in [0.1, 0.15) is 11.5 Å². The summed E-state index contributed by atoms with van der Waals surface area (Å²) < 4.78 is 3.35. The van der Waals surface area contributed by atoms with Gasteiger partial charge in [-0.25, -0.2) is 9.97 Å². The minimum atomic E-state index is -0.228. The molecule has 1 aliphatic heterocycles. The van der Waals surface area contributed by atoms with Gasteiger partial charge in [0.05, 0.1) is 24.1 Å². The number of hydrogen-bond donors (Lipinski definition) is 2. The maximum absolute atomic E-state index is 12.5. The molecule has 0 bridgehead atoms. The first kappa shape index (κ1) is 19.0. The zero-order valence-corrected chi connectivity index (χ0v) is 17.0. The number of nitrogens with one attached hydrogen (secondary N) is 2. The van der Waals surface area contributed by atoms with Crippen LogP contribution in [0.1, 0.15) is 54.0 Å². The molecule has 0 unspecified atom stereocenters. The van der Waals surface area contributed by atoms with Gasteiger partial charge in [-0.15, -0.1) is 0 Å². The predicted molar refractivity (Wildman–Crippen MR) is 112 cm³/mol. The number of aromatic nitrogens is 3. The second-order valence-electron chi connectivity index (χ2n) is 7.35. The number of nitrogens with zero attached hydrogens (tertiary/aromatic N) is 4. The molecule has 3 heterocycles. The van der Waals surface area contributed by atoms with E-state index in [0.717, 1.165) is 41.2 Å². The third kappa shape index (κ3) is 4.92. The first-order valence-corrected chi connectivity index (χ1v) is 10.8. The number of hydrogen-bond acceptors (Lipinski definition) is 7. The van der Waals surface area contributed by atoms with Gasteiger partial charge in [-0.05, 0) is 63.1 Å². The average molecular weight is 399 g/mol. The van der Waals surface area contributed by atoms with Crippen LogP contribution < -0.4 is 14.9 Å². The lowest BCUT2D eigenvalue weighted by Crippen LogP contribution is -2.31. The lowest BCUT2D eigenvalue weighted by Gasteiger charge is -2.28. The maximum Gasteiger partial charge on any atom is 0.271 e. The first-order chi connectivity index (χ1) is 13.7. The lowest BCUT2D eigenvalue weighted by atomic mass is 10.1. The number of carbonyl (C=O) groups excluding carboxylic acids is 1. The molecule has 1 saturated carbocycles. The molecular weight excluding hydrogens is 372 g/mol. The Labute approximate surface area is 169 Å². The number of aryl methyl sites for hydroxylation is 1. The van der Waals surface area contributed by atoms with E-state index in [4.69, 9.17) is 0 Å². The van der Waals surface area contributed by atoms with Gasteiger partial charge in [0.25, 0.3) is 5.91 Å². The molecule has 4 rings (SSSR count). The summed E-state index contributed by atoms with van der Waals surface area (Å²) in [5, 5.41) is 3.62. The lowest BCUT2D eigenvalue weighted by molar-refractivity contribution is 0.0945. The number of anilines is 2. The Morgan fingerprint density at radius 2 is 2.07 bits per heavy atom. The van der Waals surface area contributed by atoms with Crippen molar-refractivity contribution < 1.29 is 4.79 Å². The van der Waals surface area contributed by atoms with Gasteiger partial charge in [-0.3, -0.25) is 9.78 Å². The summed E-state index contributed by atoms with van der Waals surface area (Å²) in [6.07, 6.45) is 9.53. The van der Waals surface area contributed by atoms with Gasteiger partial charge in [-0.2, -0.15) is 0 Å². The minimum Gasteiger partial charge on any atom is -0.355 e. The van der Waals surface area contributed by atoms with Crippen molar-refractivity contribution in [2.24, 2.45) is 0 Å². The Kier molecular flexibility index (Phi) is 5.95. The molecule has 148 valence electrons. The molecule has 28 heavy (non-hydrogen) atoms. The summed E-state index contributed by atoms with van der Waals surface area (Å²) >= 11 is 1.75. The van der Waals surface area contributed by atoms with E-state index in [9.17, 15) is 4.79 Å². The molecule has 0 aromatic carbocycles. The molecule has 7 nitrogen and oxygen atoms in total. The van der Waals surface area contributed by atoms with E-state index in [1.54, 1.807) is 24.3 Å². The molecule has 1 aliphatic carbocycles. The molecule has 8 heteroatoms. The van der Waals surface area contributed by atoms with Crippen molar-refractivity contribution in [2.45, 2.75) is 50.8 Å². The van der Waals surface area contributed by atoms with Gasteiger partial charge >= 0.3 is 0 Å². The van der Waals surface area contributed by atoms with Crippen LogP contribution >= 0.6 is 11.9 Å². The Morgan fingerprint density at radius 1 is 1.25 bits per heavy atom. The van der Waals surface area contributed by atoms with Crippen LogP contribution in [-0.2, 0) is 6.54 Å². The predicted octanol–water partition coefficient (Wildman–Crippen LogP) is 3.32. The Morgan fingerprint density at radius 3 is 2.82 bits per heavy atom. The van der Waals surface area contributed by atoms with Crippen molar-refractivity contribution >= 4 is 29.4 Å². The summed E-state index contributed by atoms with van der Waals surface area (Å²) in [6.45, 7) is 4.30. The standard InChI is InChI=1S/C20H26N6OS/c1-14-19(26-9-3-2-4-10-26)22-13-18(24-14)20(27)23-12-16-11-15(7-8-21-16)25-28-17-5-6-17/h7-8,11,13,17H,2-6,9-10,12H2,1H3,(H,21,25)(H,23,27). The van der Waals surface area contributed by atoms with Crippen molar-refractivity contribution in [3.8, 4) is 0 Å². The second kappa shape index (κ2) is 8.77. The van der Waals surface area contributed by atoms with E-state index in [2.05, 4.69) is 29.9 Å². The van der Waals surface area contributed by atoms with Crippen LogP contribution in [0.15, 0.2) is 24.5 Å². The van der Waals surface area contributed by atoms with E-state index < -0.39 is 0 Å². The van der Waals surface area contributed by atoms with Crippen LogP contribution in [0.25, 0.3) is 0 Å². The van der Waals surface area contributed by atoms with Gasteiger partial charge < -0.3 is 14.9 Å². The largest absolute Gasteiger partial charge is 0.355 e. The molecule has 0 radical (unpaired) electrons. The summed E-state index contributed by atoms with van der Waals surface area (Å²) in [4.78, 5) is 28.1. The van der Waals surface area contributed by atoms with Gasteiger partial charge in [0, 0.05) is 30.2 Å². The topological polar surface area (TPSA) is 83.0 Å². The van der Waals surface area contributed by atoms with Crippen molar-refractivity contribution in [3.05, 3.63) is 41.6 Å². The van der Waals surface area contributed by atoms with Gasteiger partial charge in [0.2, 0.25) is 0 Å². The normalized spacial score (nSPS) is 16.7. The van der Waals surface area contributed by atoms with E-state index >= 15 is 0 Å². The summed E-state index contributed by atoms with van der Waals surface area (Å²) in [5.41, 5.74) is 2.97. The van der Waals surface area contributed by atoms with Crippen molar-refractivity contribution in [1.82, 2.24) is 20.3 Å². The fourth-order valence-corrected chi connectivity index (χ4v) is 4.04. The molecule has 2 aromatic heterocycles. The molecule has 2 aliphatic rings. The summed E-state index contributed by atoms with van der Waals surface area (Å²) in [6, 6.07) is 3.90. The molecule has 1 amide bonds. The summed E-state index contributed by atoms with van der Waals surface area (Å²) in [5.74, 6) is 0.665. The molecular formula is C20H26N6OS. The van der Waals surface area contributed by atoms with Crippen molar-refractivity contribution in [2.75, 3.05) is 22.7 Å². The van der Waals surface area contributed by atoms with Crippen LogP contribution in [-0.4, -0.2) is 39.2 Å². The number of piperidine rings is 1. The molecule has 1 saturated heterocycles. The van der Waals surface area contributed by atoms with E-state index in [1.807, 2.05) is 19.1 Å². The van der Waals surface area contributed by atoms with Crippen molar-refractivity contribution in [3.63, 3.8) is 0 Å². The highest BCUT2D eigenvalue weighted by Crippen LogP contribution is 2.34. The van der Waals surface area contributed by atoms with Crippen LogP contribution in [0.4, 0.5) is 11.5 Å². The second-order valence-corrected chi connectivity index (χ2v) is 8.46. The number of rotatable bonds is 7. The SMILES string of the molecule is Cc1nc(C(=O)NCc2cc(NSC3CC3)ccn2)cnc1N1CCCCC1. The quantitative estimate of drug-likeness (QED) is 0.692. The number of pyridine rings is 1. The molecule has 2 aromatic rings. The zero-order chi connectivity index (χ0) is 19.3.